The van der Waals surface area contributed by atoms with Crippen molar-refractivity contribution in [2.75, 3.05) is 33.9 Å². The molecule has 0 spiro atoms. The molecule has 4 heterocycles. The van der Waals surface area contributed by atoms with E-state index in [1.165, 1.54) is 14.2 Å². The Bertz CT molecular complexity index is 2250. The Morgan fingerprint density at radius 2 is 1.29 bits per heavy atom. The quantitative estimate of drug-likeness (QED) is 0.100. The highest BCUT2D eigenvalue weighted by molar-refractivity contribution is 5.89. The van der Waals surface area contributed by atoms with E-state index in [4.69, 9.17) is 14.2 Å². The van der Waals surface area contributed by atoms with Gasteiger partial charge < -0.3 is 49.3 Å². The first-order chi connectivity index (χ1) is 28.2. The molecular formula is C42H46N8O8. The molecule has 16 heteroatoms. The highest BCUT2D eigenvalue weighted by Crippen LogP contribution is 2.50. The molecule has 0 saturated carbocycles. The second-order valence-electron chi connectivity index (χ2n) is 14.0. The molecule has 4 amide bonds. The van der Waals surface area contributed by atoms with Gasteiger partial charge in [0.15, 0.2) is 0 Å². The van der Waals surface area contributed by atoms with Crippen LogP contribution in [0.15, 0.2) is 67.0 Å². The van der Waals surface area contributed by atoms with Gasteiger partial charge in [0.1, 0.15) is 48.9 Å². The lowest BCUT2D eigenvalue weighted by Crippen LogP contribution is -2.43. The van der Waals surface area contributed by atoms with Crippen molar-refractivity contribution in [1.82, 2.24) is 40.4 Å². The largest absolute Gasteiger partial charge is 0.488 e. The summed E-state index contributed by atoms with van der Waals surface area (Å²) in [6.45, 7) is 5.86. The molecule has 0 aliphatic carbocycles. The molecular weight excluding hydrogens is 745 g/mol. The number of nitrogens with zero attached hydrogens (tertiary/aromatic N) is 4. The van der Waals surface area contributed by atoms with E-state index in [0.717, 1.165) is 62.7 Å². The van der Waals surface area contributed by atoms with Gasteiger partial charge >= 0.3 is 12.2 Å². The van der Waals surface area contributed by atoms with Crippen LogP contribution in [0, 0.1) is 0 Å². The van der Waals surface area contributed by atoms with E-state index in [1.807, 2.05) is 44.2 Å². The van der Waals surface area contributed by atoms with Gasteiger partial charge in [-0.15, -0.1) is 0 Å². The summed E-state index contributed by atoms with van der Waals surface area (Å²) in [6.07, 6.45) is 3.57. The van der Waals surface area contributed by atoms with Crippen LogP contribution in [0.5, 0.6) is 11.5 Å². The Kier molecular flexibility index (Phi) is 11.9. The Labute approximate surface area is 335 Å². The number of ether oxygens (including phenoxy) is 4. The molecule has 0 bridgehead atoms. The standard InChI is InChI=1S/C42H46N8O8/c1-5-12-49(36(51)20-45-41(53)55-3)21-34-43-18-30(46-34)26-14-28-23-58-33-17-27(15-29-24-57-32(16-26)37(28)38(29)33)31-19-44-35(47-31)22-50(13-6-2)40(52)39(48-42(54)56-4)25-10-8-7-9-11-25/h7-11,14-19,39H,5-6,12-13,20-24H2,1-4H3,(H,43,46)(H,44,47)(H,45,53)(H,48,54)/t39-/m1/s1. The van der Waals surface area contributed by atoms with Crippen LogP contribution in [0.2, 0.25) is 0 Å². The number of aromatic nitrogens is 4. The first-order valence-electron chi connectivity index (χ1n) is 19.2. The summed E-state index contributed by atoms with van der Waals surface area (Å²) in [7, 11) is 2.52. The van der Waals surface area contributed by atoms with Crippen molar-refractivity contribution in [3.8, 4) is 45.1 Å². The zero-order chi connectivity index (χ0) is 40.8. The number of methoxy groups -OCH3 is 2. The predicted octanol–water partition coefficient (Wildman–Crippen LogP) is 5.85. The maximum absolute atomic E-state index is 13.9. The summed E-state index contributed by atoms with van der Waals surface area (Å²) in [6, 6.07) is 16.3. The van der Waals surface area contributed by atoms with Gasteiger partial charge in [0.05, 0.1) is 51.1 Å². The highest BCUT2D eigenvalue weighted by Gasteiger charge is 2.31. The molecule has 0 radical (unpaired) electrons. The third kappa shape index (κ3) is 8.45. The van der Waals surface area contributed by atoms with Crippen molar-refractivity contribution in [1.29, 1.82) is 0 Å². The first kappa shape index (κ1) is 39.4. The molecule has 3 aromatic carbocycles. The number of H-pyrrole nitrogens is 2. The summed E-state index contributed by atoms with van der Waals surface area (Å²) < 4.78 is 22.2. The summed E-state index contributed by atoms with van der Waals surface area (Å²) in [5.74, 6) is 2.16. The number of imidazole rings is 2. The lowest BCUT2D eigenvalue weighted by atomic mass is 9.87. The minimum absolute atomic E-state index is 0.172. The second kappa shape index (κ2) is 17.5. The van der Waals surface area contributed by atoms with Gasteiger partial charge in [0, 0.05) is 46.5 Å². The van der Waals surface area contributed by atoms with E-state index in [9.17, 15) is 19.2 Å². The molecule has 0 unspecified atom stereocenters. The average molecular weight is 791 g/mol. The molecule has 0 fully saturated rings. The number of hydrogen-bond donors (Lipinski definition) is 4. The van der Waals surface area contributed by atoms with Crippen LogP contribution in [0.4, 0.5) is 9.59 Å². The Morgan fingerprint density at radius 3 is 1.83 bits per heavy atom. The Hall–Kier alpha value is -6.84. The summed E-state index contributed by atoms with van der Waals surface area (Å²) in [4.78, 5) is 69.7. The minimum Gasteiger partial charge on any atom is -0.488 e. The van der Waals surface area contributed by atoms with Crippen molar-refractivity contribution in [2.24, 2.45) is 0 Å². The van der Waals surface area contributed by atoms with Gasteiger partial charge in [-0.25, -0.2) is 19.6 Å². The molecule has 7 rings (SSSR count). The smallest absolute Gasteiger partial charge is 0.407 e. The molecule has 5 aromatic rings. The molecule has 2 aliphatic heterocycles. The summed E-state index contributed by atoms with van der Waals surface area (Å²) >= 11 is 0. The van der Waals surface area contributed by atoms with Gasteiger partial charge in [-0.2, -0.15) is 0 Å². The number of nitrogens with one attached hydrogen (secondary N) is 4. The maximum Gasteiger partial charge on any atom is 0.407 e. The van der Waals surface area contributed by atoms with Crippen molar-refractivity contribution >= 4 is 24.0 Å². The predicted molar refractivity (Wildman–Crippen MR) is 212 cm³/mol. The van der Waals surface area contributed by atoms with E-state index in [2.05, 4.69) is 47.4 Å². The number of hydrogen-bond acceptors (Lipinski definition) is 10. The Balaban J connectivity index is 1.08. The number of rotatable bonds is 15. The number of alkyl carbamates (subject to hydrolysis) is 2. The van der Waals surface area contributed by atoms with Gasteiger partial charge in [0.25, 0.3) is 0 Å². The molecule has 58 heavy (non-hydrogen) atoms. The normalized spacial score (nSPS) is 12.6. The molecule has 4 N–H and O–H groups in total. The zero-order valence-corrected chi connectivity index (χ0v) is 32.8. The van der Waals surface area contributed by atoms with Crippen LogP contribution >= 0.6 is 0 Å². The number of aromatic amines is 2. The fraction of sp³-hybridized carbons (Fsp3) is 0.333. The summed E-state index contributed by atoms with van der Waals surface area (Å²) in [5, 5.41) is 5.13. The lowest BCUT2D eigenvalue weighted by molar-refractivity contribution is -0.134. The topological polar surface area (TPSA) is 193 Å². The van der Waals surface area contributed by atoms with Crippen molar-refractivity contribution in [2.45, 2.75) is 59.0 Å². The molecule has 0 saturated heterocycles. The van der Waals surface area contributed by atoms with Crippen LogP contribution in [0.1, 0.15) is 61.1 Å². The number of benzene rings is 3. The molecule has 16 nitrogen and oxygen atoms in total. The molecule has 1 atom stereocenters. The minimum atomic E-state index is -0.927. The maximum atomic E-state index is 13.9. The SMILES string of the molecule is CCCN(Cc1ncc(-c2cc3c4c(c2)OCc2cc(-c5cnc(CN(CCC)C(=O)[C@H](NC(=O)OC)c6ccccc6)[nH]5)cc(c2-4)OC3)[nH]1)C(=O)CNC(=O)OC. The first-order valence-corrected chi connectivity index (χ1v) is 19.2. The third-order valence-electron chi connectivity index (χ3n) is 9.99. The number of carbonyl (C=O) groups excluding carboxylic acids is 4. The number of amides is 4. The lowest BCUT2D eigenvalue weighted by Gasteiger charge is -2.30. The van der Waals surface area contributed by atoms with Crippen LogP contribution < -0.4 is 20.1 Å². The van der Waals surface area contributed by atoms with Crippen molar-refractivity contribution in [3.63, 3.8) is 0 Å². The Morgan fingerprint density at radius 1 is 0.759 bits per heavy atom. The van der Waals surface area contributed by atoms with Crippen LogP contribution in [-0.4, -0.2) is 87.6 Å². The molecule has 302 valence electrons. The van der Waals surface area contributed by atoms with E-state index in [1.54, 1.807) is 34.3 Å². The van der Waals surface area contributed by atoms with Gasteiger partial charge in [0.2, 0.25) is 11.8 Å². The van der Waals surface area contributed by atoms with Crippen LogP contribution in [0.3, 0.4) is 0 Å². The summed E-state index contributed by atoms with van der Waals surface area (Å²) in [5.41, 5.74) is 7.83. The molecule has 2 aromatic heterocycles. The van der Waals surface area contributed by atoms with Gasteiger partial charge in [-0.3, -0.25) is 9.59 Å². The fourth-order valence-corrected chi connectivity index (χ4v) is 7.26. The van der Waals surface area contributed by atoms with E-state index in [-0.39, 0.29) is 31.4 Å². The third-order valence-corrected chi connectivity index (χ3v) is 9.99. The van der Waals surface area contributed by atoms with E-state index in [0.29, 0.717) is 49.9 Å². The van der Waals surface area contributed by atoms with Gasteiger partial charge in [-0.1, -0.05) is 44.2 Å². The average Bonchev–Trinajstić information content (AvgIpc) is 3.93. The number of carbonyl (C=O) groups is 4. The van der Waals surface area contributed by atoms with E-state index >= 15 is 0 Å². The molecule has 2 aliphatic rings. The fourth-order valence-electron chi connectivity index (χ4n) is 7.26. The van der Waals surface area contributed by atoms with Crippen molar-refractivity contribution < 1.29 is 38.1 Å². The van der Waals surface area contributed by atoms with Crippen LogP contribution in [0.25, 0.3) is 33.6 Å². The van der Waals surface area contributed by atoms with Crippen molar-refractivity contribution in [3.05, 3.63) is 95.3 Å². The second-order valence-corrected chi connectivity index (χ2v) is 14.0. The van der Waals surface area contributed by atoms with Crippen LogP contribution in [-0.2, 0) is 45.4 Å². The van der Waals surface area contributed by atoms with Gasteiger partial charge in [-0.05, 0) is 42.7 Å². The zero-order valence-electron chi connectivity index (χ0n) is 32.8. The van der Waals surface area contributed by atoms with E-state index < -0.39 is 18.2 Å². The highest BCUT2D eigenvalue weighted by atomic mass is 16.5. The monoisotopic (exact) mass is 790 g/mol.